The van der Waals surface area contributed by atoms with Crippen molar-refractivity contribution in [3.05, 3.63) is 90.1 Å². The molecule has 0 aliphatic carbocycles. The van der Waals surface area contributed by atoms with Crippen LogP contribution in [0.15, 0.2) is 82.3 Å². The molecule has 6 nitrogen and oxygen atoms in total. The quantitative estimate of drug-likeness (QED) is 0.454. The van der Waals surface area contributed by atoms with Gasteiger partial charge in [-0.05, 0) is 47.9 Å². The van der Waals surface area contributed by atoms with Crippen LogP contribution in [0.5, 0.6) is 0 Å². The van der Waals surface area contributed by atoms with Crippen molar-refractivity contribution in [3.8, 4) is 0 Å². The molecule has 1 aromatic heterocycles. The average Bonchev–Trinajstić information content (AvgIpc) is 3.26. The maximum Gasteiger partial charge on any atom is 0.243 e. The van der Waals surface area contributed by atoms with Crippen molar-refractivity contribution in [2.24, 2.45) is 5.92 Å². The highest BCUT2D eigenvalue weighted by molar-refractivity contribution is 7.89. The van der Waals surface area contributed by atoms with Gasteiger partial charge >= 0.3 is 0 Å². The number of halogens is 1. The van der Waals surface area contributed by atoms with Gasteiger partial charge in [0.2, 0.25) is 15.9 Å². The molecule has 0 saturated carbocycles. The van der Waals surface area contributed by atoms with Crippen molar-refractivity contribution in [1.82, 2.24) is 9.21 Å². The molecule has 0 saturated heterocycles. The van der Waals surface area contributed by atoms with Gasteiger partial charge in [-0.2, -0.15) is 4.31 Å². The first-order valence-electron chi connectivity index (χ1n) is 10.4. The molecule has 3 rings (SSSR count). The van der Waals surface area contributed by atoms with Crippen molar-refractivity contribution in [2.75, 3.05) is 13.1 Å². The van der Waals surface area contributed by atoms with E-state index in [1.807, 2.05) is 44.2 Å². The summed E-state index contributed by atoms with van der Waals surface area (Å²) in [6, 6.07) is 17.6. The Morgan fingerprint density at radius 2 is 1.66 bits per heavy atom. The van der Waals surface area contributed by atoms with Crippen LogP contribution in [-0.2, 0) is 27.9 Å². The number of hydrogen-bond donors (Lipinski definition) is 0. The molecule has 0 bridgehead atoms. The van der Waals surface area contributed by atoms with Crippen molar-refractivity contribution in [1.29, 1.82) is 0 Å². The molecule has 0 aliphatic heterocycles. The third kappa shape index (κ3) is 6.27. The van der Waals surface area contributed by atoms with Gasteiger partial charge in [0, 0.05) is 13.1 Å². The highest BCUT2D eigenvalue weighted by atomic mass is 32.2. The number of benzene rings is 2. The van der Waals surface area contributed by atoms with Gasteiger partial charge in [-0.1, -0.05) is 44.2 Å². The molecule has 0 radical (unpaired) electrons. The van der Waals surface area contributed by atoms with E-state index < -0.39 is 15.8 Å². The van der Waals surface area contributed by atoms with Crippen molar-refractivity contribution in [2.45, 2.75) is 31.8 Å². The Hall–Kier alpha value is -2.97. The second-order valence-electron chi connectivity index (χ2n) is 7.96. The third-order valence-corrected chi connectivity index (χ3v) is 6.65. The molecule has 0 aliphatic rings. The zero-order valence-electron chi connectivity index (χ0n) is 18.1. The lowest BCUT2D eigenvalue weighted by atomic mass is 10.2. The molecular formula is C24H27FN2O4S. The van der Waals surface area contributed by atoms with Crippen molar-refractivity contribution >= 4 is 15.9 Å². The topological polar surface area (TPSA) is 70.8 Å². The first-order chi connectivity index (χ1) is 15.3. The van der Waals surface area contributed by atoms with Crippen LogP contribution >= 0.6 is 0 Å². The minimum Gasteiger partial charge on any atom is -0.467 e. The average molecular weight is 459 g/mol. The summed E-state index contributed by atoms with van der Waals surface area (Å²) in [6.07, 6.45) is 1.53. The van der Waals surface area contributed by atoms with Gasteiger partial charge in [-0.15, -0.1) is 0 Å². The predicted octanol–water partition coefficient (Wildman–Crippen LogP) is 4.29. The van der Waals surface area contributed by atoms with E-state index in [0.29, 0.717) is 12.3 Å². The molecule has 32 heavy (non-hydrogen) atoms. The smallest absolute Gasteiger partial charge is 0.243 e. The Kier molecular flexibility index (Phi) is 7.82. The van der Waals surface area contributed by atoms with Gasteiger partial charge < -0.3 is 9.32 Å². The molecule has 2 aromatic carbocycles. The zero-order valence-corrected chi connectivity index (χ0v) is 19.0. The second kappa shape index (κ2) is 10.6. The normalized spacial score (nSPS) is 11.8. The number of carbonyl (C=O) groups excluding carboxylic acids is 1. The number of nitrogens with zero attached hydrogens (tertiary/aromatic N) is 2. The zero-order chi connectivity index (χ0) is 23.1. The van der Waals surface area contributed by atoms with Gasteiger partial charge in [-0.25, -0.2) is 12.8 Å². The highest BCUT2D eigenvalue weighted by Gasteiger charge is 2.29. The van der Waals surface area contributed by atoms with Crippen molar-refractivity contribution < 1.29 is 22.0 Å². The SMILES string of the molecule is CC(C)CN(CC(=O)N(Cc1ccccc1)Cc1ccco1)S(=O)(=O)c1ccc(F)cc1. The molecule has 170 valence electrons. The van der Waals surface area contributed by atoms with E-state index in [4.69, 9.17) is 4.42 Å². The minimum atomic E-state index is -3.98. The molecule has 3 aromatic rings. The second-order valence-corrected chi connectivity index (χ2v) is 9.90. The van der Waals surface area contributed by atoms with Crippen LogP contribution in [0.1, 0.15) is 25.2 Å². The summed E-state index contributed by atoms with van der Waals surface area (Å²) < 4.78 is 46.3. The Morgan fingerprint density at radius 3 is 2.25 bits per heavy atom. The number of hydrogen-bond acceptors (Lipinski definition) is 4. The standard InChI is InChI=1S/C24H27FN2O4S/c1-19(2)15-27(32(29,30)23-12-10-21(25)11-13-23)18-24(28)26(17-22-9-6-14-31-22)16-20-7-4-3-5-8-20/h3-14,19H,15-18H2,1-2H3. The van der Waals surface area contributed by atoms with Gasteiger partial charge in [0.05, 0.1) is 24.2 Å². The van der Waals surface area contributed by atoms with E-state index in [-0.39, 0.29) is 36.4 Å². The first-order valence-corrected chi connectivity index (χ1v) is 11.8. The summed E-state index contributed by atoms with van der Waals surface area (Å²) in [7, 11) is -3.98. The number of sulfonamides is 1. The fraction of sp³-hybridized carbons (Fsp3) is 0.292. The predicted molar refractivity (Wildman–Crippen MR) is 119 cm³/mol. The number of rotatable bonds is 10. The molecule has 0 unspecified atom stereocenters. The van der Waals surface area contributed by atoms with E-state index in [2.05, 4.69) is 0 Å². The maximum atomic E-state index is 13.3. The van der Waals surface area contributed by atoms with E-state index in [1.165, 1.54) is 18.4 Å². The maximum absolute atomic E-state index is 13.3. The fourth-order valence-electron chi connectivity index (χ4n) is 3.29. The van der Waals surface area contributed by atoms with E-state index in [0.717, 1.165) is 22.0 Å². The van der Waals surface area contributed by atoms with Crippen LogP contribution in [0.4, 0.5) is 4.39 Å². The Bertz CT molecular complexity index is 1100. The summed E-state index contributed by atoms with van der Waals surface area (Å²) in [5.74, 6) is -0.281. The lowest BCUT2D eigenvalue weighted by Gasteiger charge is -2.28. The Balaban J connectivity index is 1.86. The van der Waals surface area contributed by atoms with Crippen LogP contribution in [0.25, 0.3) is 0 Å². The van der Waals surface area contributed by atoms with E-state index >= 15 is 0 Å². The van der Waals surface area contributed by atoms with Gasteiger partial charge in [0.1, 0.15) is 11.6 Å². The number of furan rings is 1. The number of carbonyl (C=O) groups is 1. The lowest BCUT2D eigenvalue weighted by Crippen LogP contribution is -2.43. The third-order valence-electron chi connectivity index (χ3n) is 4.83. The van der Waals surface area contributed by atoms with Crippen LogP contribution in [0.3, 0.4) is 0 Å². The summed E-state index contributed by atoms with van der Waals surface area (Å²) in [4.78, 5) is 14.8. The molecule has 0 fully saturated rings. The monoisotopic (exact) mass is 458 g/mol. The Morgan fingerprint density at radius 1 is 0.969 bits per heavy atom. The summed E-state index contributed by atoms with van der Waals surface area (Å²) >= 11 is 0. The lowest BCUT2D eigenvalue weighted by molar-refractivity contribution is -0.133. The minimum absolute atomic E-state index is 0.00864. The largest absolute Gasteiger partial charge is 0.467 e. The van der Waals surface area contributed by atoms with Crippen LogP contribution in [0, 0.1) is 11.7 Å². The molecule has 0 spiro atoms. The van der Waals surface area contributed by atoms with Crippen LogP contribution in [-0.4, -0.2) is 36.6 Å². The van der Waals surface area contributed by atoms with Crippen LogP contribution < -0.4 is 0 Å². The molecule has 1 amide bonds. The van der Waals surface area contributed by atoms with Gasteiger partial charge in [0.25, 0.3) is 0 Å². The van der Waals surface area contributed by atoms with E-state index in [1.54, 1.807) is 17.0 Å². The van der Waals surface area contributed by atoms with Gasteiger partial charge in [-0.3, -0.25) is 4.79 Å². The van der Waals surface area contributed by atoms with Crippen LogP contribution in [0.2, 0.25) is 0 Å². The summed E-state index contributed by atoms with van der Waals surface area (Å²) in [5, 5.41) is 0. The molecule has 1 heterocycles. The summed E-state index contributed by atoms with van der Waals surface area (Å²) in [5.41, 5.74) is 0.921. The van der Waals surface area contributed by atoms with Gasteiger partial charge in [0.15, 0.2) is 0 Å². The fourth-order valence-corrected chi connectivity index (χ4v) is 4.84. The highest BCUT2D eigenvalue weighted by Crippen LogP contribution is 2.19. The number of amides is 1. The first kappa shape index (κ1) is 23.7. The molecular weight excluding hydrogens is 431 g/mol. The van der Waals surface area contributed by atoms with E-state index in [9.17, 15) is 17.6 Å². The molecule has 8 heteroatoms. The summed E-state index contributed by atoms with van der Waals surface area (Å²) in [6.45, 7) is 4.11. The Labute approximate surface area is 188 Å². The molecule has 0 atom stereocenters. The van der Waals surface area contributed by atoms with Crippen molar-refractivity contribution in [3.63, 3.8) is 0 Å². The molecule has 0 N–H and O–H groups in total.